The van der Waals surface area contributed by atoms with Crippen LogP contribution >= 0.6 is 12.4 Å². The molecule has 2 amide bonds. The quantitative estimate of drug-likeness (QED) is 0.871. The van der Waals surface area contributed by atoms with Gasteiger partial charge in [-0.05, 0) is 46.9 Å². The van der Waals surface area contributed by atoms with Crippen LogP contribution in [-0.4, -0.2) is 18.4 Å². The standard InChI is InChI=1S/C20H21N3O2.ClH/c1-13(24)23-7-6-15-9-16(4-5-19(15)23)20(25)22-10-14-2-3-17-11-21-12-18(17)8-14;/h2-5,8-9,21H,6-7,10-12H2,1H3,(H,22,25);1H. The van der Waals surface area contributed by atoms with Gasteiger partial charge < -0.3 is 15.5 Å². The molecule has 0 aromatic heterocycles. The fourth-order valence-electron chi connectivity index (χ4n) is 3.61. The van der Waals surface area contributed by atoms with Crippen LogP contribution in [-0.2, 0) is 30.8 Å². The van der Waals surface area contributed by atoms with E-state index in [1.54, 1.807) is 17.9 Å². The van der Waals surface area contributed by atoms with Crippen LogP contribution in [0.3, 0.4) is 0 Å². The minimum Gasteiger partial charge on any atom is -0.348 e. The normalized spacial score (nSPS) is 14.4. The molecule has 4 rings (SSSR count). The molecule has 2 N–H and O–H groups in total. The Balaban J connectivity index is 0.00000196. The second-order valence-electron chi connectivity index (χ2n) is 6.65. The van der Waals surface area contributed by atoms with Gasteiger partial charge in [-0.2, -0.15) is 0 Å². The number of carbonyl (C=O) groups excluding carboxylic acids is 2. The van der Waals surface area contributed by atoms with Gasteiger partial charge in [0.2, 0.25) is 5.91 Å². The predicted molar refractivity (Wildman–Crippen MR) is 104 cm³/mol. The summed E-state index contributed by atoms with van der Waals surface area (Å²) in [5.74, 6) is -0.0373. The van der Waals surface area contributed by atoms with Gasteiger partial charge in [0.25, 0.3) is 5.91 Å². The third kappa shape index (κ3) is 3.45. The highest BCUT2D eigenvalue weighted by molar-refractivity contribution is 5.97. The number of nitrogens with one attached hydrogen (secondary N) is 2. The van der Waals surface area contributed by atoms with Gasteiger partial charge in [-0.1, -0.05) is 18.2 Å². The number of anilines is 1. The third-order valence-electron chi connectivity index (χ3n) is 4.97. The number of nitrogens with zero attached hydrogens (tertiary/aromatic N) is 1. The zero-order chi connectivity index (χ0) is 17.4. The summed E-state index contributed by atoms with van der Waals surface area (Å²) in [6.45, 7) is 4.60. The minimum absolute atomic E-state index is 0. The maximum Gasteiger partial charge on any atom is 0.251 e. The fourth-order valence-corrected chi connectivity index (χ4v) is 3.61. The molecule has 6 heteroatoms. The summed E-state index contributed by atoms with van der Waals surface area (Å²) in [6, 6.07) is 11.9. The van der Waals surface area contributed by atoms with Gasteiger partial charge in [0, 0.05) is 44.4 Å². The highest BCUT2D eigenvalue weighted by Crippen LogP contribution is 2.28. The number of hydrogen-bond acceptors (Lipinski definition) is 3. The van der Waals surface area contributed by atoms with E-state index in [0.29, 0.717) is 18.7 Å². The van der Waals surface area contributed by atoms with Crippen LogP contribution in [0.1, 0.15) is 39.5 Å². The van der Waals surface area contributed by atoms with Gasteiger partial charge in [0.15, 0.2) is 0 Å². The maximum atomic E-state index is 12.5. The van der Waals surface area contributed by atoms with Crippen molar-refractivity contribution in [2.24, 2.45) is 0 Å². The van der Waals surface area contributed by atoms with Crippen LogP contribution in [0.5, 0.6) is 0 Å². The highest BCUT2D eigenvalue weighted by Gasteiger charge is 2.23. The van der Waals surface area contributed by atoms with Gasteiger partial charge in [-0.15, -0.1) is 12.4 Å². The first kappa shape index (κ1) is 18.4. The number of carbonyl (C=O) groups is 2. The summed E-state index contributed by atoms with van der Waals surface area (Å²) in [5.41, 5.74) is 6.39. The molecule has 0 fully saturated rings. The summed E-state index contributed by atoms with van der Waals surface area (Å²) in [6.07, 6.45) is 0.799. The third-order valence-corrected chi connectivity index (χ3v) is 4.97. The Kier molecular flexibility index (Phi) is 5.30. The molecule has 0 unspecified atom stereocenters. The van der Waals surface area contributed by atoms with Crippen molar-refractivity contribution in [1.29, 1.82) is 0 Å². The number of fused-ring (bicyclic) bond motifs is 2. The Labute approximate surface area is 159 Å². The molecule has 2 aliphatic rings. The summed E-state index contributed by atoms with van der Waals surface area (Å²) in [7, 11) is 0. The van der Waals surface area contributed by atoms with Crippen molar-refractivity contribution in [3.63, 3.8) is 0 Å². The van der Waals surface area contributed by atoms with Crippen LogP contribution in [0.25, 0.3) is 0 Å². The number of amides is 2. The summed E-state index contributed by atoms with van der Waals surface area (Å²) >= 11 is 0. The Bertz CT molecular complexity index is 866. The van der Waals surface area contributed by atoms with E-state index < -0.39 is 0 Å². The first-order valence-electron chi connectivity index (χ1n) is 8.62. The molecule has 2 heterocycles. The van der Waals surface area contributed by atoms with Gasteiger partial charge in [-0.3, -0.25) is 9.59 Å². The zero-order valence-electron chi connectivity index (χ0n) is 14.7. The number of rotatable bonds is 3. The molecular weight excluding hydrogens is 350 g/mol. The molecule has 0 saturated heterocycles. The molecule has 0 radical (unpaired) electrons. The number of hydrogen-bond donors (Lipinski definition) is 2. The van der Waals surface area contributed by atoms with Crippen LogP contribution in [0.15, 0.2) is 36.4 Å². The van der Waals surface area contributed by atoms with Gasteiger partial charge in [0.05, 0.1) is 0 Å². The highest BCUT2D eigenvalue weighted by atomic mass is 35.5. The molecule has 2 aromatic carbocycles. The summed E-state index contributed by atoms with van der Waals surface area (Å²) < 4.78 is 0. The van der Waals surface area contributed by atoms with Crippen molar-refractivity contribution >= 4 is 29.9 Å². The van der Waals surface area contributed by atoms with E-state index >= 15 is 0 Å². The van der Waals surface area contributed by atoms with Crippen molar-refractivity contribution in [2.75, 3.05) is 11.4 Å². The van der Waals surface area contributed by atoms with Crippen LogP contribution < -0.4 is 15.5 Å². The van der Waals surface area contributed by atoms with Gasteiger partial charge in [0.1, 0.15) is 0 Å². The van der Waals surface area contributed by atoms with E-state index in [1.807, 2.05) is 12.1 Å². The van der Waals surface area contributed by atoms with Gasteiger partial charge >= 0.3 is 0 Å². The van der Waals surface area contributed by atoms with Crippen molar-refractivity contribution in [3.05, 3.63) is 64.2 Å². The lowest BCUT2D eigenvalue weighted by atomic mass is 10.1. The summed E-state index contributed by atoms with van der Waals surface area (Å²) in [5, 5.41) is 6.32. The number of benzene rings is 2. The molecule has 2 aromatic rings. The Morgan fingerprint density at radius 3 is 2.69 bits per heavy atom. The summed E-state index contributed by atoms with van der Waals surface area (Å²) in [4.78, 5) is 25.8. The number of halogens is 1. The average molecular weight is 372 g/mol. The average Bonchev–Trinajstić information content (AvgIpc) is 3.24. The molecular formula is C20H22ClN3O2. The second-order valence-corrected chi connectivity index (χ2v) is 6.65. The predicted octanol–water partition coefficient (Wildman–Crippen LogP) is 2.55. The van der Waals surface area contributed by atoms with Crippen molar-refractivity contribution in [2.45, 2.75) is 33.0 Å². The first-order valence-corrected chi connectivity index (χ1v) is 8.62. The van der Waals surface area contributed by atoms with E-state index in [2.05, 4.69) is 28.8 Å². The van der Waals surface area contributed by atoms with E-state index in [4.69, 9.17) is 0 Å². The van der Waals surface area contributed by atoms with E-state index in [1.165, 1.54) is 11.1 Å². The lowest BCUT2D eigenvalue weighted by Gasteiger charge is -2.14. The minimum atomic E-state index is -0.0808. The molecule has 0 spiro atoms. The molecule has 0 bridgehead atoms. The van der Waals surface area contributed by atoms with E-state index in [9.17, 15) is 9.59 Å². The van der Waals surface area contributed by atoms with Crippen LogP contribution in [0.4, 0.5) is 5.69 Å². The molecule has 0 saturated carbocycles. The van der Waals surface area contributed by atoms with E-state index in [0.717, 1.165) is 36.3 Å². The molecule has 26 heavy (non-hydrogen) atoms. The lowest BCUT2D eigenvalue weighted by Crippen LogP contribution is -2.26. The molecule has 0 aliphatic carbocycles. The fraction of sp³-hybridized carbons (Fsp3) is 0.300. The van der Waals surface area contributed by atoms with Crippen molar-refractivity contribution in [1.82, 2.24) is 10.6 Å². The SMILES string of the molecule is CC(=O)N1CCc2cc(C(=O)NCc3ccc4c(c3)CNC4)ccc21.Cl. The molecule has 5 nitrogen and oxygen atoms in total. The van der Waals surface area contributed by atoms with Crippen molar-refractivity contribution in [3.8, 4) is 0 Å². The van der Waals surface area contributed by atoms with Gasteiger partial charge in [-0.25, -0.2) is 0 Å². The first-order chi connectivity index (χ1) is 12.1. The van der Waals surface area contributed by atoms with Crippen LogP contribution in [0, 0.1) is 0 Å². The Morgan fingerprint density at radius 1 is 1.08 bits per heavy atom. The smallest absolute Gasteiger partial charge is 0.251 e. The molecule has 2 aliphatic heterocycles. The maximum absolute atomic E-state index is 12.5. The topological polar surface area (TPSA) is 61.4 Å². The Hall–Kier alpha value is -2.37. The zero-order valence-corrected chi connectivity index (χ0v) is 15.5. The molecule has 0 atom stereocenters. The second kappa shape index (κ2) is 7.48. The Morgan fingerprint density at radius 2 is 1.88 bits per heavy atom. The monoisotopic (exact) mass is 371 g/mol. The largest absolute Gasteiger partial charge is 0.348 e. The molecule has 136 valence electrons. The van der Waals surface area contributed by atoms with Crippen LogP contribution in [0.2, 0.25) is 0 Å². The van der Waals surface area contributed by atoms with Crippen molar-refractivity contribution < 1.29 is 9.59 Å². The lowest BCUT2D eigenvalue weighted by molar-refractivity contribution is -0.116. The van der Waals surface area contributed by atoms with E-state index in [-0.39, 0.29) is 24.2 Å².